The van der Waals surface area contributed by atoms with Crippen molar-refractivity contribution in [2.24, 2.45) is 17.6 Å². The van der Waals surface area contributed by atoms with E-state index in [1.807, 2.05) is 42.5 Å². The SMILES string of the molecule is C[C@H]1CN(C[C@H](Cc2ccccc2)C(=O)N[C@@H](CN)C(=O)O)CC[C@@]1(C)c1cccc(O)c1. The Kier molecular flexibility index (Phi) is 8.10. The molecule has 178 valence electrons. The highest BCUT2D eigenvalue weighted by Crippen LogP contribution is 2.40. The van der Waals surface area contributed by atoms with Gasteiger partial charge in [-0.2, -0.15) is 0 Å². The first kappa shape index (κ1) is 24.7. The summed E-state index contributed by atoms with van der Waals surface area (Å²) < 4.78 is 0. The van der Waals surface area contributed by atoms with E-state index in [0.29, 0.717) is 18.9 Å². The van der Waals surface area contributed by atoms with Crippen LogP contribution >= 0.6 is 0 Å². The Balaban J connectivity index is 1.73. The van der Waals surface area contributed by atoms with Crippen LogP contribution < -0.4 is 11.1 Å². The first-order valence-electron chi connectivity index (χ1n) is 11.5. The molecule has 3 rings (SSSR count). The second-order valence-corrected chi connectivity index (χ2v) is 9.40. The minimum Gasteiger partial charge on any atom is -0.508 e. The third kappa shape index (κ3) is 6.12. The third-order valence-corrected chi connectivity index (χ3v) is 7.10. The highest BCUT2D eigenvalue weighted by Gasteiger charge is 2.39. The van der Waals surface area contributed by atoms with Gasteiger partial charge in [-0.05, 0) is 54.0 Å². The molecule has 1 aliphatic rings. The zero-order valence-corrected chi connectivity index (χ0v) is 19.4. The van der Waals surface area contributed by atoms with Gasteiger partial charge in [-0.25, -0.2) is 4.79 Å². The number of nitrogens with one attached hydrogen (secondary N) is 1. The van der Waals surface area contributed by atoms with Gasteiger partial charge < -0.3 is 26.2 Å². The van der Waals surface area contributed by atoms with Crippen molar-refractivity contribution < 1.29 is 19.8 Å². The molecule has 0 radical (unpaired) electrons. The molecule has 33 heavy (non-hydrogen) atoms. The molecular formula is C26H35N3O4. The molecule has 1 aliphatic heterocycles. The van der Waals surface area contributed by atoms with Crippen LogP contribution in [0.5, 0.6) is 5.75 Å². The van der Waals surface area contributed by atoms with E-state index in [1.165, 1.54) is 0 Å². The van der Waals surface area contributed by atoms with Crippen LogP contribution in [-0.2, 0) is 21.4 Å². The lowest BCUT2D eigenvalue weighted by molar-refractivity contribution is -0.142. The van der Waals surface area contributed by atoms with Gasteiger partial charge in [-0.3, -0.25) is 4.79 Å². The summed E-state index contributed by atoms with van der Waals surface area (Å²) in [7, 11) is 0. The van der Waals surface area contributed by atoms with Gasteiger partial charge in [0.1, 0.15) is 11.8 Å². The molecule has 7 nitrogen and oxygen atoms in total. The quantitative estimate of drug-likeness (QED) is 0.463. The van der Waals surface area contributed by atoms with E-state index in [-0.39, 0.29) is 23.6 Å². The van der Waals surface area contributed by atoms with Crippen LogP contribution in [0.4, 0.5) is 0 Å². The number of aliphatic carboxylic acids is 1. The Bertz CT molecular complexity index is 952. The zero-order valence-electron chi connectivity index (χ0n) is 19.4. The van der Waals surface area contributed by atoms with Gasteiger partial charge in [0, 0.05) is 19.6 Å². The molecule has 0 bridgehead atoms. The number of hydrogen-bond acceptors (Lipinski definition) is 5. The second kappa shape index (κ2) is 10.8. The number of nitrogens with two attached hydrogens (primary N) is 1. The lowest BCUT2D eigenvalue weighted by Crippen LogP contribution is -2.52. The lowest BCUT2D eigenvalue weighted by Gasteiger charge is -2.45. The van der Waals surface area contributed by atoms with Crippen molar-refractivity contribution >= 4 is 11.9 Å². The summed E-state index contributed by atoms with van der Waals surface area (Å²) in [5.74, 6) is -1.22. The second-order valence-electron chi connectivity index (χ2n) is 9.40. The molecule has 4 atom stereocenters. The Hall–Kier alpha value is -2.90. The summed E-state index contributed by atoms with van der Waals surface area (Å²) in [5.41, 5.74) is 7.64. The maximum Gasteiger partial charge on any atom is 0.327 e. The fourth-order valence-electron chi connectivity index (χ4n) is 4.73. The first-order chi connectivity index (χ1) is 15.7. The van der Waals surface area contributed by atoms with Gasteiger partial charge in [0.05, 0.1) is 5.92 Å². The van der Waals surface area contributed by atoms with Crippen molar-refractivity contribution in [1.82, 2.24) is 10.2 Å². The number of carboxylic acids is 1. The van der Waals surface area contributed by atoms with Crippen molar-refractivity contribution in [1.29, 1.82) is 0 Å². The minimum atomic E-state index is -1.13. The molecule has 1 amide bonds. The molecule has 2 aromatic carbocycles. The van der Waals surface area contributed by atoms with Crippen molar-refractivity contribution in [2.45, 2.75) is 38.1 Å². The molecule has 2 aromatic rings. The summed E-state index contributed by atoms with van der Waals surface area (Å²) in [6.45, 7) is 6.45. The van der Waals surface area contributed by atoms with Crippen LogP contribution in [0.3, 0.4) is 0 Å². The Morgan fingerprint density at radius 2 is 1.94 bits per heavy atom. The zero-order chi connectivity index (χ0) is 24.0. The number of carbonyl (C=O) groups is 2. The molecule has 0 aliphatic carbocycles. The molecular weight excluding hydrogens is 418 g/mol. The van der Waals surface area contributed by atoms with Crippen molar-refractivity contribution in [2.75, 3.05) is 26.2 Å². The maximum atomic E-state index is 13.1. The molecule has 0 aromatic heterocycles. The number of aromatic hydroxyl groups is 1. The first-order valence-corrected chi connectivity index (χ1v) is 11.5. The summed E-state index contributed by atoms with van der Waals surface area (Å²) in [5, 5.41) is 21.9. The van der Waals surface area contributed by atoms with E-state index in [1.54, 1.807) is 6.07 Å². The van der Waals surface area contributed by atoms with Crippen LogP contribution in [-0.4, -0.2) is 59.2 Å². The number of piperidine rings is 1. The van der Waals surface area contributed by atoms with E-state index in [9.17, 15) is 19.8 Å². The summed E-state index contributed by atoms with van der Waals surface area (Å²) in [4.78, 5) is 26.8. The van der Waals surface area contributed by atoms with Gasteiger partial charge in [-0.1, -0.05) is 56.3 Å². The number of hydrogen-bond donors (Lipinski definition) is 4. The van der Waals surface area contributed by atoms with E-state index in [2.05, 4.69) is 30.1 Å². The van der Waals surface area contributed by atoms with Crippen molar-refractivity contribution in [3.05, 3.63) is 65.7 Å². The average molecular weight is 454 g/mol. The van der Waals surface area contributed by atoms with E-state index in [0.717, 1.165) is 30.6 Å². The number of carbonyl (C=O) groups excluding carboxylic acids is 1. The standard InChI is InChI=1S/C26H35N3O4/c1-18-16-29(12-11-26(18,2)21-9-6-10-22(30)14-21)17-20(13-19-7-4-3-5-8-19)24(31)28-23(15-27)25(32)33/h3-10,14,18,20,23,30H,11-13,15-17,27H2,1-2H3,(H,28,31)(H,32,33)/t18-,20-,23-,26+/m0/s1. The smallest absolute Gasteiger partial charge is 0.327 e. The fraction of sp³-hybridized carbons (Fsp3) is 0.462. The van der Waals surface area contributed by atoms with Crippen molar-refractivity contribution in [3.63, 3.8) is 0 Å². The number of nitrogens with zero attached hydrogens (tertiary/aromatic N) is 1. The lowest BCUT2D eigenvalue weighted by atomic mass is 9.68. The summed E-state index contributed by atoms with van der Waals surface area (Å²) in [6.07, 6.45) is 1.43. The van der Waals surface area contributed by atoms with E-state index in [4.69, 9.17) is 5.73 Å². The normalized spacial score (nSPS) is 22.9. The molecule has 5 N–H and O–H groups in total. The van der Waals surface area contributed by atoms with Crippen LogP contribution in [0.2, 0.25) is 0 Å². The molecule has 7 heteroatoms. The fourth-order valence-corrected chi connectivity index (χ4v) is 4.73. The Labute approximate surface area is 195 Å². The number of carboxylic acid groups (broad SMARTS) is 1. The molecule has 1 heterocycles. The molecule has 0 saturated carbocycles. The Morgan fingerprint density at radius 1 is 1.21 bits per heavy atom. The monoisotopic (exact) mass is 453 g/mol. The molecule has 1 saturated heterocycles. The van der Waals surface area contributed by atoms with Crippen molar-refractivity contribution in [3.8, 4) is 5.75 Å². The summed E-state index contributed by atoms with van der Waals surface area (Å²) in [6, 6.07) is 16.2. The highest BCUT2D eigenvalue weighted by atomic mass is 16.4. The van der Waals surface area contributed by atoms with Gasteiger partial charge in [0.15, 0.2) is 0 Å². The van der Waals surface area contributed by atoms with Gasteiger partial charge in [0.2, 0.25) is 5.91 Å². The molecule has 1 fully saturated rings. The predicted molar refractivity (Wildman–Crippen MR) is 128 cm³/mol. The largest absolute Gasteiger partial charge is 0.508 e. The number of likely N-dealkylation sites (tertiary alicyclic amines) is 1. The Morgan fingerprint density at radius 3 is 2.55 bits per heavy atom. The molecule has 0 spiro atoms. The minimum absolute atomic E-state index is 0.0691. The number of phenolic OH excluding ortho intramolecular Hbond substituents is 1. The van der Waals surface area contributed by atoms with E-state index >= 15 is 0 Å². The third-order valence-electron chi connectivity index (χ3n) is 7.10. The number of rotatable bonds is 9. The maximum absolute atomic E-state index is 13.1. The van der Waals surface area contributed by atoms with Gasteiger partial charge >= 0.3 is 5.97 Å². The number of phenols is 1. The average Bonchev–Trinajstić information content (AvgIpc) is 2.79. The highest BCUT2D eigenvalue weighted by molar-refractivity contribution is 5.85. The van der Waals surface area contributed by atoms with Crippen LogP contribution in [0, 0.1) is 11.8 Å². The van der Waals surface area contributed by atoms with Crippen LogP contribution in [0.1, 0.15) is 31.4 Å². The van der Waals surface area contributed by atoms with Gasteiger partial charge in [-0.15, -0.1) is 0 Å². The van der Waals surface area contributed by atoms with Gasteiger partial charge in [0.25, 0.3) is 0 Å². The number of benzene rings is 2. The van der Waals surface area contributed by atoms with Crippen LogP contribution in [0.25, 0.3) is 0 Å². The topological polar surface area (TPSA) is 116 Å². The van der Waals surface area contributed by atoms with Crippen LogP contribution in [0.15, 0.2) is 54.6 Å². The molecule has 0 unspecified atom stereocenters. The number of amides is 1. The predicted octanol–water partition coefficient (Wildman–Crippen LogP) is 2.38. The van der Waals surface area contributed by atoms with E-state index < -0.39 is 17.9 Å². The summed E-state index contributed by atoms with van der Waals surface area (Å²) >= 11 is 0.